The molecule has 0 fully saturated rings. The lowest BCUT2D eigenvalue weighted by Crippen LogP contribution is -2.14. The van der Waals surface area contributed by atoms with Crippen molar-refractivity contribution < 1.29 is 18.9 Å². The first-order chi connectivity index (χ1) is 14.0. The minimum atomic E-state index is -0.518. The fourth-order valence-electron chi connectivity index (χ4n) is 2.33. The number of nitro benzene ring substituents is 1. The molecular weight excluding hydrogens is 402 g/mol. The van der Waals surface area contributed by atoms with Gasteiger partial charge in [-0.05, 0) is 30.3 Å². The van der Waals surface area contributed by atoms with Crippen molar-refractivity contribution in [1.29, 1.82) is 0 Å². The molecule has 0 saturated carbocycles. The Kier molecular flexibility index (Phi) is 6.15. The number of nitrogens with one attached hydrogen (secondary N) is 2. The molecule has 0 atom stereocenters. The third kappa shape index (κ3) is 5.14. The lowest BCUT2D eigenvalue weighted by Gasteiger charge is -2.06. The second kappa shape index (κ2) is 8.93. The van der Waals surface area contributed by atoms with Gasteiger partial charge in [0.1, 0.15) is 0 Å². The van der Waals surface area contributed by atoms with E-state index in [1.54, 1.807) is 18.2 Å². The maximum Gasteiger partial charge on any atom is 0.322 e. The van der Waals surface area contributed by atoms with Crippen molar-refractivity contribution in [2.24, 2.45) is 0 Å². The summed E-state index contributed by atoms with van der Waals surface area (Å²) in [5, 5.41) is 23.4. The fraction of sp³-hybridized carbons (Fsp3) is 0.111. The largest absolute Gasteiger partial charge is 0.403 e. The monoisotopic (exact) mass is 415 g/mol. The Morgan fingerprint density at radius 3 is 2.55 bits per heavy atom. The number of nitro groups is 1. The number of nitrogens with zero attached hydrogens (tertiary/aromatic N) is 3. The van der Waals surface area contributed by atoms with Crippen LogP contribution in [0, 0.1) is 10.1 Å². The van der Waals surface area contributed by atoms with Crippen LogP contribution < -0.4 is 10.6 Å². The molecule has 1 aromatic heterocycles. The summed E-state index contributed by atoms with van der Waals surface area (Å²) < 4.78 is 5.38. The molecule has 0 saturated heterocycles. The Balaban J connectivity index is 1.68. The van der Waals surface area contributed by atoms with Crippen molar-refractivity contribution in [2.75, 3.05) is 16.5 Å². The van der Waals surface area contributed by atoms with Crippen LogP contribution in [0.5, 0.6) is 0 Å². The highest BCUT2D eigenvalue weighted by Crippen LogP contribution is 2.23. The number of hydrogen-bond donors (Lipinski definition) is 2. The maximum absolute atomic E-state index is 12.4. The number of alkyl halides is 1. The highest BCUT2D eigenvalue weighted by molar-refractivity contribution is 6.19. The lowest BCUT2D eigenvalue weighted by atomic mass is 10.2. The van der Waals surface area contributed by atoms with Crippen LogP contribution in [0.3, 0.4) is 0 Å². The number of halogens is 1. The molecule has 11 heteroatoms. The molecule has 0 spiro atoms. The third-order valence-corrected chi connectivity index (χ3v) is 3.89. The zero-order valence-corrected chi connectivity index (χ0v) is 15.5. The molecule has 0 unspecified atom stereocenters. The van der Waals surface area contributed by atoms with Gasteiger partial charge in [0, 0.05) is 41.2 Å². The average molecular weight is 416 g/mol. The van der Waals surface area contributed by atoms with Crippen LogP contribution in [0.1, 0.15) is 16.8 Å². The highest BCUT2D eigenvalue weighted by atomic mass is 35.5. The second-order valence-corrected chi connectivity index (χ2v) is 6.12. The van der Waals surface area contributed by atoms with Crippen molar-refractivity contribution in [2.45, 2.75) is 6.42 Å². The average Bonchev–Trinajstić information content (AvgIpc) is 3.17. The van der Waals surface area contributed by atoms with E-state index in [9.17, 15) is 19.7 Å². The second-order valence-electron chi connectivity index (χ2n) is 5.74. The van der Waals surface area contributed by atoms with E-state index in [-0.39, 0.29) is 41.4 Å². The minimum absolute atomic E-state index is 0.0696. The van der Waals surface area contributed by atoms with Gasteiger partial charge in [-0.25, -0.2) is 0 Å². The Labute approximate surface area is 169 Å². The number of anilines is 2. The SMILES string of the molecule is O=C(CCCl)Nc1cccc(C(=O)Nc2nnc(-c3ccc([N+](=O)[O-])cc3)o2)c1. The number of benzene rings is 2. The molecule has 2 N–H and O–H groups in total. The van der Waals surface area contributed by atoms with Crippen molar-refractivity contribution in [1.82, 2.24) is 10.2 Å². The quantitative estimate of drug-likeness (QED) is 0.342. The molecule has 10 nitrogen and oxygen atoms in total. The highest BCUT2D eigenvalue weighted by Gasteiger charge is 2.14. The number of aromatic nitrogens is 2. The Bertz CT molecular complexity index is 1050. The molecule has 3 rings (SSSR count). The van der Waals surface area contributed by atoms with Gasteiger partial charge in [-0.15, -0.1) is 16.7 Å². The van der Waals surface area contributed by atoms with Crippen LogP contribution in [0.4, 0.5) is 17.4 Å². The summed E-state index contributed by atoms with van der Waals surface area (Å²) in [6.45, 7) is 0. The number of hydrogen-bond acceptors (Lipinski definition) is 7. The summed E-state index contributed by atoms with van der Waals surface area (Å²) >= 11 is 5.52. The van der Waals surface area contributed by atoms with Crippen LogP contribution >= 0.6 is 11.6 Å². The number of carbonyl (C=O) groups excluding carboxylic acids is 2. The van der Waals surface area contributed by atoms with Gasteiger partial charge in [0.2, 0.25) is 11.8 Å². The van der Waals surface area contributed by atoms with Crippen molar-refractivity contribution >= 4 is 40.8 Å². The normalized spacial score (nSPS) is 10.4. The van der Waals surface area contributed by atoms with E-state index in [4.69, 9.17) is 16.0 Å². The van der Waals surface area contributed by atoms with E-state index in [2.05, 4.69) is 20.8 Å². The maximum atomic E-state index is 12.4. The van der Waals surface area contributed by atoms with Gasteiger partial charge >= 0.3 is 6.01 Å². The molecule has 0 aliphatic heterocycles. The van der Waals surface area contributed by atoms with E-state index in [1.807, 2.05) is 0 Å². The summed E-state index contributed by atoms with van der Waals surface area (Å²) in [5.41, 5.74) is 1.11. The van der Waals surface area contributed by atoms with E-state index >= 15 is 0 Å². The standard InChI is InChI=1S/C18H14ClN5O5/c19-9-8-15(25)20-13-3-1-2-12(10-13)16(26)21-18-23-22-17(29-18)11-4-6-14(7-5-11)24(27)28/h1-7,10H,8-9H2,(H,20,25)(H,21,23,26). The van der Waals surface area contributed by atoms with Gasteiger partial charge in [0.15, 0.2) is 0 Å². The smallest absolute Gasteiger partial charge is 0.322 e. The van der Waals surface area contributed by atoms with Gasteiger partial charge in [-0.3, -0.25) is 25.0 Å². The predicted octanol–water partition coefficient (Wildman–Crippen LogP) is 3.46. The molecule has 0 aliphatic rings. The van der Waals surface area contributed by atoms with Crippen LogP contribution in [0.2, 0.25) is 0 Å². The van der Waals surface area contributed by atoms with Gasteiger partial charge in [0.05, 0.1) is 4.92 Å². The van der Waals surface area contributed by atoms with Crippen LogP contribution in [0.25, 0.3) is 11.5 Å². The van der Waals surface area contributed by atoms with Crippen LogP contribution in [-0.4, -0.2) is 32.8 Å². The summed E-state index contributed by atoms with van der Waals surface area (Å²) in [5.74, 6) is -0.489. The zero-order valence-electron chi connectivity index (χ0n) is 14.8. The first kappa shape index (κ1) is 20.0. The molecular formula is C18H14ClN5O5. The molecule has 2 amide bonds. The van der Waals surface area contributed by atoms with Gasteiger partial charge < -0.3 is 9.73 Å². The molecule has 29 heavy (non-hydrogen) atoms. The van der Waals surface area contributed by atoms with Gasteiger partial charge in [-0.2, -0.15) is 0 Å². The van der Waals surface area contributed by atoms with Crippen molar-refractivity contribution in [3.05, 3.63) is 64.2 Å². The Hall–Kier alpha value is -3.79. The molecule has 1 heterocycles. The van der Waals surface area contributed by atoms with Crippen molar-refractivity contribution in [3.63, 3.8) is 0 Å². The van der Waals surface area contributed by atoms with Crippen LogP contribution in [-0.2, 0) is 4.79 Å². The third-order valence-electron chi connectivity index (χ3n) is 3.70. The molecule has 148 valence electrons. The number of non-ortho nitro benzene ring substituents is 1. The summed E-state index contributed by atoms with van der Waals surface area (Å²) in [6, 6.07) is 11.7. The minimum Gasteiger partial charge on any atom is -0.403 e. The Morgan fingerprint density at radius 2 is 1.86 bits per heavy atom. The Morgan fingerprint density at radius 1 is 1.10 bits per heavy atom. The van der Waals surface area contributed by atoms with E-state index in [0.717, 1.165) is 0 Å². The molecule has 0 aliphatic carbocycles. The number of amides is 2. The molecule has 0 bridgehead atoms. The van der Waals surface area contributed by atoms with Gasteiger partial charge in [0.25, 0.3) is 11.6 Å². The topological polar surface area (TPSA) is 140 Å². The first-order valence-electron chi connectivity index (χ1n) is 8.32. The van der Waals surface area contributed by atoms with E-state index in [1.165, 1.54) is 30.3 Å². The van der Waals surface area contributed by atoms with E-state index in [0.29, 0.717) is 11.3 Å². The van der Waals surface area contributed by atoms with Gasteiger partial charge in [-0.1, -0.05) is 11.2 Å². The molecule has 0 radical (unpaired) electrons. The summed E-state index contributed by atoms with van der Waals surface area (Å²) in [4.78, 5) is 34.2. The summed E-state index contributed by atoms with van der Waals surface area (Å²) in [6.07, 6.45) is 0.158. The van der Waals surface area contributed by atoms with Crippen molar-refractivity contribution in [3.8, 4) is 11.5 Å². The first-order valence-corrected chi connectivity index (χ1v) is 8.85. The van der Waals surface area contributed by atoms with E-state index < -0.39 is 10.8 Å². The predicted molar refractivity (Wildman–Crippen MR) is 105 cm³/mol. The zero-order chi connectivity index (χ0) is 20.8. The number of rotatable bonds is 7. The molecule has 3 aromatic rings. The summed E-state index contributed by atoms with van der Waals surface area (Å²) in [7, 11) is 0. The van der Waals surface area contributed by atoms with Crippen LogP contribution in [0.15, 0.2) is 52.9 Å². The fourth-order valence-corrected chi connectivity index (χ4v) is 2.50. The molecule has 2 aromatic carbocycles. The lowest BCUT2D eigenvalue weighted by molar-refractivity contribution is -0.384. The number of carbonyl (C=O) groups is 2.